The number of hydrogen-bond donors (Lipinski definition) is 2. The number of carbonyl (C=O) groups is 8. The Morgan fingerprint density at radius 1 is 0.814 bits per heavy atom. The topological polar surface area (TPSA) is 192 Å². The number of nitrogens with zero attached hydrogens (tertiary/aromatic N) is 4. The van der Waals surface area contributed by atoms with Gasteiger partial charge in [0.25, 0.3) is 11.8 Å². The monoisotopic (exact) mass is 979 g/mol. The van der Waals surface area contributed by atoms with Crippen molar-refractivity contribution in [2.75, 3.05) is 61.0 Å². The number of rotatable bonds is 33. The van der Waals surface area contributed by atoms with Crippen LogP contribution in [-0.2, 0) is 54.3 Å². The van der Waals surface area contributed by atoms with Crippen LogP contribution in [0.5, 0.6) is 0 Å². The van der Waals surface area contributed by atoms with Gasteiger partial charge >= 0.3 is 0 Å². The van der Waals surface area contributed by atoms with Gasteiger partial charge in [0, 0.05) is 78.2 Å². The Morgan fingerprint density at radius 3 is 2.09 bits per heavy atom. The fourth-order valence-electron chi connectivity index (χ4n) is 10.2. The van der Waals surface area contributed by atoms with Crippen molar-refractivity contribution in [1.82, 2.24) is 30.2 Å². The van der Waals surface area contributed by atoms with Crippen molar-refractivity contribution in [3.05, 3.63) is 48.0 Å². The molecule has 3 rings (SSSR count). The number of ether oxygens (including phenoxy) is 2. The van der Waals surface area contributed by atoms with Gasteiger partial charge in [0.15, 0.2) is 11.6 Å². The molecule has 6 amide bonds. The van der Waals surface area contributed by atoms with Crippen molar-refractivity contribution in [3.63, 3.8) is 0 Å². The third-order valence-corrected chi connectivity index (χ3v) is 14.4. The second-order valence-corrected chi connectivity index (χ2v) is 20.2. The van der Waals surface area contributed by atoms with Crippen molar-refractivity contribution in [3.8, 4) is 0 Å². The zero-order chi connectivity index (χ0) is 52.1. The van der Waals surface area contributed by atoms with E-state index in [-0.39, 0.29) is 103 Å². The number of methoxy groups -OCH3 is 2. The molecule has 16 heteroatoms. The molecular weight excluding hydrogens is 893 g/mol. The van der Waals surface area contributed by atoms with E-state index in [1.54, 1.807) is 26.2 Å². The van der Waals surface area contributed by atoms with Crippen molar-refractivity contribution < 1.29 is 47.8 Å². The van der Waals surface area contributed by atoms with Crippen LogP contribution >= 0.6 is 0 Å². The highest BCUT2D eigenvalue weighted by Crippen LogP contribution is 2.31. The highest BCUT2D eigenvalue weighted by atomic mass is 16.5. The quantitative estimate of drug-likeness (QED) is 0.0677. The standard InChI is InChI=1S/C54H86N6O10/c1-12-38(6)51(45(69-10)34-49(66)59-32-20-24-43(59)52(70-11)39(7)53(67)55-29-28-40-21-15-13-16-22-40)58(9)54(68)42(36(2)3)33-44(62)50(37(4)5)57(8)30-19-23-41(61)35-56-46(63)25-17-14-18-31-60-47(64)26-27-48(60)65/h13,15-16,21-22,26-27,36-39,42-43,45,50-52H,12,14,17-20,23-25,28-35H2,1-11H3,(H,55,67)(H,56,63)/t38-,39+,42-,43-,45+,50-,51-,52+/m0/s1. The van der Waals surface area contributed by atoms with E-state index < -0.39 is 36.1 Å². The average Bonchev–Trinajstić information content (AvgIpc) is 3.94. The van der Waals surface area contributed by atoms with Gasteiger partial charge in [0.1, 0.15) is 0 Å². The Hall–Kier alpha value is -4.80. The van der Waals surface area contributed by atoms with Gasteiger partial charge in [-0.25, -0.2) is 0 Å². The third-order valence-electron chi connectivity index (χ3n) is 14.4. The van der Waals surface area contributed by atoms with Crippen LogP contribution in [0.2, 0.25) is 0 Å². The summed E-state index contributed by atoms with van der Waals surface area (Å²) in [5.41, 5.74) is 1.13. The van der Waals surface area contributed by atoms with E-state index in [0.29, 0.717) is 64.7 Å². The molecule has 0 spiro atoms. The smallest absolute Gasteiger partial charge is 0.253 e. The van der Waals surface area contributed by atoms with Gasteiger partial charge in [0.05, 0.1) is 49.2 Å². The second-order valence-electron chi connectivity index (χ2n) is 20.2. The van der Waals surface area contributed by atoms with Gasteiger partial charge in [-0.1, -0.05) is 91.6 Å². The molecule has 1 saturated heterocycles. The zero-order valence-electron chi connectivity index (χ0n) is 44.2. The molecule has 0 aromatic heterocycles. The lowest BCUT2D eigenvalue weighted by Crippen LogP contribution is -2.54. The Labute approximate surface area is 418 Å². The van der Waals surface area contributed by atoms with Gasteiger partial charge < -0.3 is 29.9 Å². The van der Waals surface area contributed by atoms with Gasteiger partial charge in [-0.05, 0) is 75.4 Å². The highest BCUT2D eigenvalue weighted by Gasteiger charge is 2.43. The van der Waals surface area contributed by atoms with E-state index in [0.717, 1.165) is 18.4 Å². The van der Waals surface area contributed by atoms with Gasteiger partial charge in [-0.2, -0.15) is 0 Å². The molecule has 1 aromatic carbocycles. The van der Waals surface area contributed by atoms with Crippen LogP contribution in [-0.4, -0.2) is 158 Å². The fourth-order valence-corrected chi connectivity index (χ4v) is 10.2. The van der Waals surface area contributed by atoms with Crippen molar-refractivity contribution in [2.45, 2.75) is 156 Å². The van der Waals surface area contributed by atoms with E-state index in [1.807, 2.05) is 95.6 Å². The van der Waals surface area contributed by atoms with E-state index in [2.05, 4.69) is 10.6 Å². The number of imide groups is 1. The number of likely N-dealkylation sites (N-methyl/N-ethyl adjacent to an activating group) is 2. The third kappa shape index (κ3) is 17.8. The van der Waals surface area contributed by atoms with Gasteiger partial charge in [0.2, 0.25) is 23.6 Å². The Kier molecular flexibility index (Phi) is 25.6. The Morgan fingerprint density at radius 2 is 1.49 bits per heavy atom. The molecule has 2 heterocycles. The molecule has 70 heavy (non-hydrogen) atoms. The van der Waals surface area contributed by atoms with Crippen LogP contribution in [0.15, 0.2) is 42.5 Å². The van der Waals surface area contributed by atoms with Gasteiger partial charge in [-0.15, -0.1) is 0 Å². The molecule has 0 unspecified atom stereocenters. The van der Waals surface area contributed by atoms with Crippen LogP contribution in [0.1, 0.15) is 125 Å². The molecule has 392 valence electrons. The lowest BCUT2D eigenvalue weighted by Gasteiger charge is -2.41. The minimum Gasteiger partial charge on any atom is -0.379 e. The maximum Gasteiger partial charge on any atom is 0.253 e. The first-order valence-corrected chi connectivity index (χ1v) is 25.8. The molecule has 2 aliphatic heterocycles. The average molecular weight is 979 g/mol. The van der Waals surface area contributed by atoms with E-state index >= 15 is 0 Å². The fraction of sp³-hybridized carbons (Fsp3) is 0.704. The lowest BCUT2D eigenvalue weighted by molar-refractivity contribution is -0.149. The number of carbonyl (C=O) groups excluding carboxylic acids is 8. The first kappa shape index (κ1) is 59.5. The number of hydrogen-bond acceptors (Lipinski definition) is 11. The summed E-state index contributed by atoms with van der Waals surface area (Å²) in [5, 5.41) is 5.74. The predicted octanol–water partition coefficient (Wildman–Crippen LogP) is 5.40. The van der Waals surface area contributed by atoms with Crippen LogP contribution in [0.4, 0.5) is 0 Å². The molecule has 2 aliphatic rings. The number of unbranched alkanes of at least 4 members (excludes halogenated alkanes) is 2. The second kappa shape index (κ2) is 30.2. The van der Waals surface area contributed by atoms with Crippen molar-refractivity contribution >= 4 is 47.0 Å². The summed E-state index contributed by atoms with van der Waals surface area (Å²) in [6.07, 6.45) is 7.09. The summed E-state index contributed by atoms with van der Waals surface area (Å²) in [5.74, 6) is -2.88. The SMILES string of the molecule is CC[C@H](C)[C@@H]([C@@H](CC(=O)N1CCC[C@H]1[C@H](OC)[C@@H](C)C(=O)NCCc1ccccc1)OC)N(C)C(=O)[C@@H](CC(=O)[C@H](C(C)C)N(C)CCCC(=O)CNC(=O)CCCCCN1C(=O)C=CC1=O)C(C)C. The van der Waals surface area contributed by atoms with Crippen molar-refractivity contribution in [1.29, 1.82) is 0 Å². The Bertz CT molecular complexity index is 1890. The summed E-state index contributed by atoms with van der Waals surface area (Å²) in [7, 11) is 6.77. The van der Waals surface area contributed by atoms with Crippen LogP contribution < -0.4 is 10.6 Å². The van der Waals surface area contributed by atoms with E-state index in [4.69, 9.17) is 9.47 Å². The normalized spacial score (nSPS) is 17.9. The maximum absolute atomic E-state index is 14.7. The largest absolute Gasteiger partial charge is 0.379 e. The minimum absolute atomic E-state index is 0.0282. The molecule has 2 N–H and O–H groups in total. The van der Waals surface area contributed by atoms with Crippen LogP contribution in [0.3, 0.4) is 0 Å². The van der Waals surface area contributed by atoms with Gasteiger partial charge in [-0.3, -0.25) is 48.2 Å². The lowest BCUT2D eigenvalue weighted by atomic mass is 9.83. The summed E-state index contributed by atoms with van der Waals surface area (Å²) >= 11 is 0. The van der Waals surface area contributed by atoms with Crippen molar-refractivity contribution in [2.24, 2.45) is 29.6 Å². The summed E-state index contributed by atoms with van der Waals surface area (Å²) < 4.78 is 12.1. The number of likely N-dealkylation sites (tertiary alicyclic amines) is 1. The number of benzene rings is 1. The number of Topliss-reactive ketones (excluding diaryl/α,β-unsaturated/α-hetero) is 2. The van der Waals surface area contributed by atoms with E-state index in [1.165, 1.54) is 17.1 Å². The first-order valence-electron chi connectivity index (χ1n) is 25.8. The van der Waals surface area contributed by atoms with Crippen LogP contribution in [0, 0.1) is 29.6 Å². The van der Waals surface area contributed by atoms with Crippen LogP contribution in [0.25, 0.3) is 0 Å². The molecule has 0 radical (unpaired) electrons. The first-order chi connectivity index (χ1) is 33.3. The predicted molar refractivity (Wildman–Crippen MR) is 270 cm³/mol. The molecule has 0 aliphatic carbocycles. The minimum atomic E-state index is -0.637. The molecule has 8 atom stereocenters. The Balaban J connectivity index is 1.57. The summed E-state index contributed by atoms with van der Waals surface area (Å²) in [4.78, 5) is 112. The van der Waals surface area contributed by atoms with E-state index in [9.17, 15) is 38.4 Å². The number of amides is 6. The molecule has 1 aromatic rings. The zero-order valence-corrected chi connectivity index (χ0v) is 44.2. The highest BCUT2D eigenvalue weighted by molar-refractivity contribution is 6.12. The maximum atomic E-state index is 14.7. The molecule has 1 fully saturated rings. The summed E-state index contributed by atoms with van der Waals surface area (Å²) in [6, 6.07) is 8.71. The molecule has 0 bridgehead atoms. The molecular formula is C54H86N6O10. The number of nitrogens with one attached hydrogen (secondary N) is 2. The summed E-state index contributed by atoms with van der Waals surface area (Å²) in [6.45, 7) is 15.5. The molecule has 16 nitrogen and oxygen atoms in total. The number of ketones is 2. The molecule has 0 saturated carbocycles.